The molecule has 0 atom stereocenters. The van der Waals surface area contributed by atoms with Gasteiger partial charge in [-0.15, -0.1) is 17.9 Å². The van der Waals surface area contributed by atoms with E-state index in [1.54, 1.807) is 11.4 Å². The van der Waals surface area contributed by atoms with E-state index in [1.165, 1.54) is 17.4 Å². The molecule has 0 aliphatic carbocycles. The van der Waals surface area contributed by atoms with Crippen molar-refractivity contribution in [3.8, 4) is 6.07 Å². The van der Waals surface area contributed by atoms with E-state index in [9.17, 15) is 9.59 Å². The van der Waals surface area contributed by atoms with Crippen LogP contribution in [0, 0.1) is 11.3 Å². The molecular weight excluding hydrogens is 226 g/mol. The molecule has 0 saturated carbocycles. The van der Waals surface area contributed by atoms with E-state index in [1.807, 2.05) is 6.07 Å². The van der Waals surface area contributed by atoms with E-state index in [0.717, 1.165) is 0 Å². The normalized spacial score (nSPS) is 8.94. The lowest BCUT2D eigenvalue weighted by Crippen LogP contribution is -2.35. The molecule has 2 amide bonds. The number of nitriles is 1. The SMILES string of the molecule is C=CCNC(=O)C(=O)Nc1sccc1C#N. The number of hydrogen-bond donors (Lipinski definition) is 2. The van der Waals surface area contributed by atoms with E-state index in [4.69, 9.17) is 5.26 Å². The molecule has 0 spiro atoms. The minimum Gasteiger partial charge on any atom is -0.344 e. The fourth-order valence-electron chi connectivity index (χ4n) is 0.899. The van der Waals surface area contributed by atoms with Crippen molar-refractivity contribution in [2.45, 2.75) is 0 Å². The highest BCUT2D eigenvalue weighted by molar-refractivity contribution is 7.14. The Labute approximate surface area is 96.4 Å². The predicted octanol–water partition coefficient (Wildman–Crippen LogP) is 0.860. The maximum atomic E-state index is 11.3. The molecule has 0 bridgehead atoms. The van der Waals surface area contributed by atoms with Crippen LogP contribution in [0.2, 0.25) is 0 Å². The first-order valence-corrected chi connectivity index (χ1v) is 5.24. The van der Waals surface area contributed by atoms with Crippen LogP contribution >= 0.6 is 11.3 Å². The van der Waals surface area contributed by atoms with E-state index >= 15 is 0 Å². The lowest BCUT2D eigenvalue weighted by atomic mass is 10.3. The maximum absolute atomic E-state index is 11.3. The summed E-state index contributed by atoms with van der Waals surface area (Å²) in [5.41, 5.74) is 0.342. The topological polar surface area (TPSA) is 82.0 Å². The second-order valence-corrected chi connectivity index (χ2v) is 3.64. The third-order valence-electron chi connectivity index (χ3n) is 1.63. The second kappa shape index (κ2) is 5.68. The summed E-state index contributed by atoms with van der Waals surface area (Å²) in [6, 6.07) is 3.48. The zero-order chi connectivity index (χ0) is 12.0. The van der Waals surface area contributed by atoms with Crippen LogP contribution in [0.4, 0.5) is 5.00 Å². The first kappa shape index (κ1) is 11.9. The van der Waals surface area contributed by atoms with Crippen molar-refractivity contribution < 1.29 is 9.59 Å². The van der Waals surface area contributed by atoms with Gasteiger partial charge in [0.2, 0.25) is 0 Å². The van der Waals surface area contributed by atoms with Gasteiger partial charge in [-0.25, -0.2) is 0 Å². The van der Waals surface area contributed by atoms with Crippen LogP contribution in [0.1, 0.15) is 5.56 Å². The molecule has 6 heteroatoms. The van der Waals surface area contributed by atoms with Gasteiger partial charge in [0.05, 0.1) is 5.56 Å². The summed E-state index contributed by atoms with van der Waals surface area (Å²) in [7, 11) is 0. The van der Waals surface area contributed by atoms with Crippen LogP contribution in [0.5, 0.6) is 0 Å². The number of anilines is 1. The van der Waals surface area contributed by atoms with Crippen molar-refractivity contribution in [3.63, 3.8) is 0 Å². The van der Waals surface area contributed by atoms with Gasteiger partial charge in [0.15, 0.2) is 0 Å². The molecular formula is C10H9N3O2S. The highest BCUT2D eigenvalue weighted by atomic mass is 32.1. The van der Waals surface area contributed by atoms with Gasteiger partial charge in [-0.2, -0.15) is 5.26 Å². The highest BCUT2D eigenvalue weighted by Gasteiger charge is 2.14. The van der Waals surface area contributed by atoms with Gasteiger partial charge in [-0.3, -0.25) is 9.59 Å². The van der Waals surface area contributed by atoms with E-state index in [-0.39, 0.29) is 6.54 Å². The molecule has 0 radical (unpaired) electrons. The van der Waals surface area contributed by atoms with Crippen LogP contribution in [0.3, 0.4) is 0 Å². The molecule has 1 aromatic rings. The van der Waals surface area contributed by atoms with Gasteiger partial charge in [-0.1, -0.05) is 6.08 Å². The van der Waals surface area contributed by atoms with Gasteiger partial charge in [0, 0.05) is 6.54 Å². The van der Waals surface area contributed by atoms with E-state index < -0.39 is 11.8 Å². The smallest absolute Gasteiger partial charge is 0.314 e. The fraction of sp³-hybridized carbons (Fsp3) is 0.100. The third-order valence-corrected chi connectivity index (χ3v) is 2.46. The molecule has 0 unspecified atom stereocenters. The first-order valence-electron chi connectivity index (χ1n) is 4.36. The first-order chi connectivity index (χ1) is 7.69. The fourth-order valence-corrected chi connectivity index (χ4v) is 1.63. The molecule has 1 rings (SSSR count). The van der Waals surface area contributed by atoms with Gasteiger partial charge in [0.25, 0.3) is 0 Å². The van der Waals surface area contributed by atoms with Crippen LogP contribution in [-0.4, -0.2) is 18.4 Å². The summed E-state index contributed by atoms with van der Waals surface area (Å²) in [6.07, 6.45) is 1.47. The third kappa shape index (κ3) is 2.93. The Balaban J connectivity index is 2.61. The van der Waals surface area contributed by atoms with Gasteiger partial charge in [-0.05, 0) is 11.4 Å². The summed E-state index contributed by atoms with van der Waals surface area (Å²) in [4.78, 5) is 22.5. The standard InChI is InChI=1S/C10H9N3O2S/c1-2-4-12-8(14)9(15)13-10-7(6-11)3-5-16-10/h2-3,5H,1,4H2,(H,12,14)(H,13,15). The number of carbonyl (C=O) groups excluding carboxylic acids is 2. The van der Waals surface area contributed by atoms with Crippen molar-refractivity contribution in [2.24, 2.45) is 0 Å². The molecule has 0 aromatic carbocycles. The monoisotopic (exact) mass is 235 g/mol. The molecule has 0 aliphatic heterocycles. The Morgan fingerprint density at radius 2 is 2.31 bits per heavy atom. The number of nitrogens with zero attached hydrogens (tertiary/aromatic N) is 1. The second-order valence-electron chi connectivity index (χ2n) is 2.73. The highest BCUT2D eigenvalue weighted by Crippen LogP contribution is 2.21. The van der Waals surface area contributed by atoms with E-state index in [2.05, 4.69) is 17.2 Å². The average molecular weight is 235 g/mol. The van der Waals surface area contributed by atoms with Crippen LogP contribution < -0.4 is 10.6 Å². The molecule has 5 nitrogen and oxygen atoms in total. The van der Waals surface area contributed by atoms with Gasteiger partial charge >= 0.3 is 11.8 Å². The van der Waals surface area contributed by atoms with Crippen LogP contribution in [0.25, 0.3) is 0 Å². The average Bonchev–Trinajstić information content (AvgIpc) is 2.72. The zero-order valence-corrected chi connectivity index (χ0v) is 9.13. The summed E-state index contributed by atoms with van der Waals surface area (Å²) >= 11 is 1.19. The van der Waals surface area contributed by atoms with Crippen LogP contribution in [-0.2, 0) is 9.59 Å². The molecule has 1 heterocycles. The Hall–Kier alpha value is -2.13. The van der Waals surface area contributed by atoms with Crippen molar-refractivity contribution in [1.82, 2.24) is 5.32 Å². The van der Waals surface area contributed by atoms with Crippen molar-refractivity contribution in [3.05, 3.63) is 29.7 Å². The molecule has 1 aromatic heterocycles. The number of amides is 2. The minimum atomic E-state index is -0.791. The molecule has 2 N–H and O–H groups in total. The van der Waals surface area contributed by atoms with Gasteiger partial charge in [0.1, 0.15) is 11.1 Å². The van der Waals surface area contributed by atoms with E-state index in [0.29, 0.717) is 10.6 Å². The minimum absolute atomic E-state index is 0.224. The molecule has 82 valence electrons. The number of nitrogens with one attached hydrogen (secondary N) is 2. The quantitative estimate of drug-likeness (QED) is 0.602. The Kier molecular flexibility index (Phi) is 4.24. The lowest BCUT2D eigenvalue weighted by Gasteiger charge is -2.02. The number of rotatable bonds is 3. The van der Waals surface area contributed by atoms with Crippen LogP contribution in [0.15, 0.2) is 24.1 Å². The number of carbonyl (C=O) groups is 2. The number of thiophene rings is 1. The van der Waals surface area contributed by atoms with Crippen molar-refractivity contribution in [2.75, 3.05) is 11.9 Å². The summed E-state index contributed by atoms with van der Waals surface area (Å²) in [5, 5.41) is 15.4. The molecule has 16 heavy (non-hydrogen) atoms. The Morgan fingerprint density at radius 1 is 1.56 bits per heavy atom. The predicted molar refractivity (Wildman–Crippen MR) is 60.9 cm³/mol. The summed E-state index contributed by atoms with van der Waals surface area (Å²) < 4.78 is 0. The lowest BCUT2D eigenvalue weighted by molar-refractivity contribution is -0.136. The summed E-state index contributed by atoms with van der Waals surface area (Å²) in [6.45, 7) is 3.63. The Morgan fingerprint density at radius 3 is 2.94 bits per heavy atom. The largest absolute Gasteiger partial charge is 0.344 e. The molecule has 0 aliphatic rings. The number of hydrogen-bond acceptors (Lipinski definition) is 4. The van der Waals surface area contributed by atoms with Crippen molar-refractivity contribution >= 4 is 28.2 Å². The summed E-state index contributed by atoms with van der Waals surface area (Å²) in [5.74, 6) is -1.54. The van der Waals surface area contributed by atoms with Gasteiger partial charge < -0.3 is 10.6 Å². The van der Waals surface area contributed by atoms with Crippen molar-refractivity contribution in [1.29, 1.82) is 5.26 Å². The maximum Gasteiger partial charge on any atom is 0.314 e. The molecule has 0 saturated heterocycles. The zero-order valence-electron chi connectivity index (χ0n) is 8.32. The molecule has 0 fully saturated rings. The Bertz CT molecular complexity index is 459.